The van der Waals surface area contributed by atoms with E-state index in [9.17, 15) is 4.79 Å². The number of nitrogens with one attached hydrogen (secondary N) is 1. The zero-order chi connectivity index (χ0) is 18.5. The van der Waals surface area contributed by atoms with Crippen molar-refractivity contribution in [3.63, 3.8) is 0 Å². The molecule has 6 nitrogen and oxygen atoms in total. The molecular weight excluding hydrogens is 346 g/mol. The lowest BCUT2D eigenvalue weighted by Crippen LogP contribution is -2.49. The Balaban J connectivity index is 1.74. The van der Waals surface area contributed by atoms with Crippen LogP contribution in [0, 0.1) is 0 Å². The van der Waals surface area contributed by atoms with Crippen molar-refractivity contribution < 1.29 is 4.79 Å². The molecule has 7 heteroatoms. The zero-order valence-electron chi connectivity index (χ0n) is 15.7. The topological polar surface area (TPSA) is 53.4 Å². The van der Waals surface area contributed by atoms with Gasteiger partial charge in [0, 0.05) is 57.9 Å². The minimum Gasteiger partial charge on any atom is -0.353 e. The van der Waals surface area contributed by atoms with Crippen LogP contribution in [0.15, 0.2) is 41.7 Å². The summed E-state index contributed by atoms with van der Waals surface area (Å²) in [5.41, 5.74) is 1.87. The number of rotatable bonds is 6. The van der Waals surface area contributed by atoms with Crippen molar-refractivity contribution in [2.75, 3.05) is 46.0 Å². The van der Waals surface area contributed by atoms with E-state index in [0.29, 0.717) is 12.1 Å². The lowest BCUT2D eigenvalue weighted by molar-refractivity contribution is 0.0874. The largest absolute Gasteiger partial charge is 0.353 e. The minimum atomic E-state index is -0.0595. The summed E-state index contributed by atoms with van der Waals surface area (Å²) in [5, 5.41) is 3.90. The smallest absolute Gasteiger partial charge is 0.254 e. The van der Waals surface area contributed by atoms with Crippen molar-refractivity contribution in [2.45, 2.75) is 11.1 Å². The highest BCUT2D eigenvalue weighted by Crippen LogP contribution is 2.22. The first-order chi connectivity index (χ1) is 12.6. The van der Waals surface area contributed by atoms with E-state index in [2.05, 4.69) is 57.1 Å². The van der Waals surface area contributed by atoms with Crippen molar-refractivity contribution >= 4 is 17.7 Å². The van der Waals surface area contributed by atoms with Crippen LogP contribution in [0.2, 0.25) is 0 Å². The molecule has 2 aromatic rings. The Morgan fingerprint density at radius 2 is 2.00 bits per heavy atom. The molecule has 0 aromatic carbocycles. The van der Waals surface area contributed by atoms with Gasteiger partial charge in [-0.2, -0.15) is 0 Å². The Kier molecular flexibility index (Phi) is 6.34. The summed E-state index contributed by atoms with van der Waals surface area (Å²) in [4.78, 5) is 21.8. The number of carbonyl (C=O) groups excluding carboxylic acids is 1. The van der Waals surface area contributed by atoms with Gasteiger partial charge in [0.15, 0.2) is 0 Å². The van der Waals surface area contributed by atoms with Gasteiger partial charge in [-0.15, -0.1) is 11.8 Å². The minimum absolute atomic E-state index is 0.0595. The molecule has 1 aliphatic heterocycles. The third kappa shape index (κ3) is 4.28. The Bertz CT molecular complexity index is 739. The molecule has 1 saturated heterocycles. The summed E-state index contributed by atoms with van der Waals surface area (Å²) in [5.74, 6) is -0.0595. The lowest BCUT2D eigenvalue weighted by atomic mass is 10.1. The van der Waals surface area contributed by atoms with Crippen molar-refractivity contribution in [2.24, 2.45) is 7.05 Å². The summed E-state index contributed by atoms with van der Waals surface area (Å²) < 4.78 is 2.15. The van der Waals surface area contributed by atoms with Crippen LogP contribution in [0.4, 0.5) is 0 Å². The second-order valence-electron chi connectivity index (χ2n) is 6.67. The predicted molar refractivity (Wildman–Crippen MR) is 106 cm³/mol. The summed E-state index contributed by atoms with van der Waals surface area (Å²) in [6.07, 6.45) is 5.73. The number of hydrogen-bond acceptors (Lipinski definition) is 5. The maximum atomic E-state index is 12.7. The van der Waals surface area contributed by atoms with Gasteiger partial charge in [0.05, 0.1) is 11.6 Å². The van der Waals surface area contributed by atoms with Crippen LogP contribution in [0.3, 0.4) is 0 Å². The molecule has 1 amide bonds. The van der Waals surface area contributed by atoms with Gasteiger partial charge in [-0.25, -0.2) is 4.98 Å². The lowest BCUT2D eigenvalue weighted by Gasteiger charge is -2.38. The molecule has 0 radical (unpaired) electrons. The van der Waals surface area contributed by atoms with Crippen molar-refractivity contribution in [3.05, 3.63) is 47.9 Å². The highest BCUT2D eigenvalue weighted by molar-refractivity contribution is 7.98. The van der Waals surface area contributed by atoms with Crippen LogP contribution in [0.1, 0.15) is 22.1 Å². The number of piperazine rings is 1. The van der Waals surface area contributed by atoms with Crippen LogP contribution in [-0.4, -0.2) is 71.3 Å². The fourth-order valence-corrected chi connectivity index (χ4v) is 3.93. The van der Waals surface area contributed by atoms with E-state index in [0.717, 1.165) is 31.2 Å². The van der Waals surface area contributed by atoms with Gasteiger partial charge < -0.3 is 14.8 Å². The molecule has 0 saturated carbocycles. The highest BCUT2D eigenvalue weighted by atomic mass is 32.2. The average Bonchev–Trinajstić information content (AvgIpc) is 3.09. The fraction of sp³-hybridized carbons (Fsp3) is 0.474. The standard InChI is InChI=1S/C19H27N5OS/c1-22-10-12-24(13-11-22)17(16-7-5-9-23(16)2)14-21-18(25)15-6-4-8-20-19(15)26-3/h4-9,17H,10-14H2,1-3H3,(H,21,25). The molecule has 1 unspecified atom stereocenters. The van der Waals surface area contributed by atoms with Gasteiger partial charge in [0.1, 0.15) is 5.03 Å². The van der Waals surface area contributed by atoms with Gasteiger partial charge in [-0.05, 0) is 37.6 Å². The van der Waals surface area contributed by atoms with Crippen LogP contribution in [0.5, 0.6) is 0 Å². The number of pyridine rings is 1. The number of aromatic nitrogens is 2. The van der Waals surface area contributed by atoms with Crippen LogP contribution in [-0.2, 0) is 7.05 Å². The normalized spacial score (nSPS) is 17.2. The third-order valence-corrected chi connectivity index (χ3v) is 5.68. The van der Waals surface area contributed by atoms with E-state index >= 15 is 0 Å². The number of likely N-dealkylation sites (N-methyl/N-ethyl adjacent to an activating group) is 1. The van der Waals surface area contributed by atoms with Crippen molar-refractivity contribution in [1.29, 1.82) is 0 Å². The van der Waals surface area contributed by atoms with Gasteiger partial charge in [-0.1, -0.05) is 0 Å². The molecule has 2 aromatic heterocycles. The summed E-state index contributed by atoms with van der Waals surface area (Å²) in [6, 6.07) is 8.02. The third-order valence-electron chi connectivity index (χ3n) is 4.97. The number of aryl methyl sites for hydroxylation is 1. The second kappa shape index (κ2) is 8.70. The maximum Gasteiger partial charge on any atom is 0.254 e. The monoisotopic (exact) mass is 373 g/mol. The summed E-state index contributed by atoms with van der Waals surface area (Å²) in [7, 11) is 4.22. The van der Waals surface area contributed by atoms with Gasteiger partial charge in [-0.3, -0.25) is 9.69 Å². The van der Waals surface area contributed by atoms with E-state index in [1.165, 1.54) is 17.5 Å². The van der Waals surface area contributed by atoms with E-state index in [-0.39, 0.29) is 11.9 Å². The Hall–Kier alpha value is -1.83. The van der Waals surface area contributed by atoms with E-state index in [1.54, 1.807) is 6.20 Å². The Morgan fingerprint density at radius 3 is 2.65 bits per heavy atom. The molecule has 1 N–H and O–H groups in total. The number of nitrogens with zero attached hydrogens (tertiary/aromatic N) is 4. The van der Waals surface area contributed by atoms with Crippen molar-refractivity contribution in [3.8, 4) is 0 Å². The first kappa shape index (κ1) is 18.9. The average molecular weight is 374 g/mol. The fourth-order valence-electron chi connectivity index (χ4n) is 3.39. The summed E-state index contributed by atoms with van der Waals surface area (Å²) in [6.45, 7) is 4.70. The van der Waals surface area contributed by atoms with Crippen LogP contribution >= 0.6 is 11.8 Å². The molecule has 0 bridgehead atoms. The Morgan fingerprint density at radius 1 is 1.23 bits per heavy atom. The quantitative estimate of drug-likeness (QED) is 0.784. The van der Waals surface area contributed by atoms with Gasteiger partial charge >= 0.3 is 0 Å². The molecule has 0 aliphatic carbocycles. The number of thioether (sulfide) groups is 1. The number of carbonyl (C=O) groups is 1. The van der Waals surface area contributed by atoms with E-state index < -0.39 is 0 Å². The maximum absolute atomic E-state index is 12.7. The first-order valence-corrected chi connectivity index (χ1v) is 10.1. The Labute approximate surface area is 159 Å². The first-order valence-electron chi connectivity index (χ1n) is 8.91. The van der Waals surface area contributed by atoms with E-state index in [4.69, 9.17) is 0 Å². The molecular formula is C19H27N5OS. The van der Waals surface area contributed by atoms with Crippen LogP contribution in [0.25, 0.3) is 0 Å². The highest BCUT2D eigenvalue weighted by Gasteiger charge is 2.26. The predicted octanol–water partition coefficient (Wildman–Crippen LogP) is 1.86. The SMILES string of the molecule is CSc1ncccc1C(=O)NCC(c1cccn1C)N1CCN(C)CC1. The molecule has 1 aliphatic rings. The van der Waals surface area contributed by atoms with E-state index in [1.807, 2.05) is 18.4 Å². The van der Waals surface area contributed by atoms with Gasteiger partial charge in [0.25, 0.3) is 5.91 Å². The molecule has 140 valence electrons. The van der Waals surface area contributed by atoms with Gasteiger partial charge in [0.2, 0.25) is 0 Å². The molecule has 3 heterocycles. The van der Waals surface area contributed by atoms with Crippen LogP contribution < -0.4 is 5.32 Å². The molecule has 1 fully saturated rings. The zero-order valence-corrected chi connectivity index (χ0v) is 16.5. The summed E-state index contributed by atoms with van der Waals surface area (Å²) >= 11 is 1.49. The molecule has 3 rings (SSSR count). The molecule has 1 atom stereocenters. The van der Waals surface area contributed by atoms with Crippen molar-refractivity contribution in [1.82, 2.24) is 24.7 Å². The molecule has 26 heavy (non-hydrogen) atoms. The molecule has 0 spiro atoms. The number of amides is 1. The second-order valence-corrected chi connectivity index (χ2v) is 7.46. The number of hydrogen-bond donors (Lipinski definition) is 1.